The van der Waals surface area contributed by atoms with Crippen molar-refractivity contribution in [3.63, 3.8) is 0 Å². The molecule has 1 saturated carbocycles. The summed E-state index contributed by atoms with van der Waals surface area (Å²) in [4.78, 5) is 16.5. The van der Waals surface area contributed by atoms with Gasteiger partial charge in [-0.1, -0.05) is 44.2 Å². The Bertz CT molecular complexity index is 666. The quantitative estimate of drug-likeness (QED) is 0.822. The number of benzene rings is 1. The number of hydrogen-bond acceptors (Lipinski definition) is 2. The molecule has 1 atom stereocenters. The summed E-state index contributed by atoms with van der Waals surface area (Å²) in [5, 5.41) is 3.12. The van der Waals surface area contributed by atoms with Crippen LogP contribution in [0.15, 0.2) is 48.8 Å². The Morgan fingerprint density at radius 2 is 1.68 bits per heavy atom. The normalized spacial score (nSPS) is 16.4. The summed E-state index contributed by atoms with van der Waals surface area (Å²) >= 11 is 0. The Kier molecular flexibility index (Phi) is 6.15. The maximum absolute atomic E-state index is 13.2. The summed E-state index contributed by atoms with van der Waals surface area (Å²) < 4.78 is 13.2. The maximum Gasteiger partial charge on any atom is 0.220 e. The zero-order chi connectivity index (χ0) is 17.5. The van der Waals surface area contributed by atoms with Crippen LogP contribution in [0.1, 0.15) is 62.1 Å². The molecule has 3 nitrogen and oxygen atoms in total. The van der Waals surface area contributed by atoms with Gasteiger partial charge in [0.25, 0.3) is 0 Å². The summed E-state index contributed by atoms with van der Waals surface area (Å²) in [6, 6.07) is 9.80. The molecule has 1 unspecified atom stereocenters. The number of pyridine rings is 1. The molecule has 0 aliphatic heterocycles. The summed E-state index contributed by atoms with van der Waals surface area (Å²) in [6.07, 6.45) is 11.3. The van der Waals surface area contributed by atoms with Gasteiger partial charge in [-0.2, -0.15) is 0 Å². The first-order chi connectivity index (χ1) is 12.2. The third-order valence-corrected chi connectivity index (χ3v) is 5.05. The van der Waals surface area contributed by atoms with E-state index in [1.54, 1.807) is 24.5 Å². The number of hydrogen-bond donors (Lipinski definition) is 1. The third-order valence-electron chi connectivity index (χ3n) is 5.05. The smallest absolute Gasteiger partial charge is 0.220 e. The highest BCUT2D eigenvalue weighted by Crippen LogP contribution is 2.28. The monoisotopic (exact) mass is 340 g/mol. The van der Waals surface area contributed by atoms with E-state index in [0.29, 0.717) is 12.3 Å². The van der Waals surface area contributed by atoms with Gasteiger partial charge in [0.05, 0.1) is 6.04 Å². The maximum atomic E-state index is 13.2. The molecule has 1 amide bonds. The van der Waals surface area contributed by atoms with E-state index in [-0.39, 0.29) is 17.8 Å². The molecule has 0 saturated heterocycles. The van der Waals surface area contributed by atoms with E-state index in [9.17, 15) is 9.18 Å². The number of carbonyl (C=O) groups excluding carboxylic acids is 1. The van der Waals surface area contributed by atoms with E-state index in [0.717, 1.165) is 17.5 Å². The Morgan fingerprint density at radius 3 is 2.36 bits per heavy atom. The van der Waals surface area contributed by atoms with Crippen molar-refractivity contribution in [2.24, 2.45) is 5.92 Å². The standard InChI is InChI=1S/C21H25FN2O/c22-19-9-7-17(8-10-19)21(18-12-14-23-15-13-18)24-20(25)11-6-16-4-2-1-3-5-16/h7-10,12-16,21H,1-6,11H2,(H,24,25). The lowest BCUT2D eigenvalue weighted by Crippen LogP contribution is -2.29. The van der Waals surface area contributed by atoms with Crippen molar-refractivity contribution < 1.29 is 9.18 Å². The molecule has 4 heteroatoms. The topological polar surface area (TPSA) is 42.0 Å². The van der Waals surface area contributed by atoms with E-state index >= 15 is 0 Å². The van der Waals surface area contributed by atoms with Gasteiger partial charge in [0.15, 0.2) is 0 Å². The molecule has 0 radical (unpaired) electrons. The first-order valence-electron chi connectivity index (χ1n) is 9.17. The second-order valence-corrected chi connectivity index (χ2v) is 6.88. The highest BCUT2D eigenvalue weighted by Gasteiger charge is 2.19. The van der Waals surface area contributed by atoms with E-state index < -0.39 is 0 Å². The van der Waals surface area contributed by atoms with Crippen LogP contribution in [0.2, 0.25) is 0 Å². The van der Waals surface area contributed by atoms with E-state index in [1.165, 1.54) is 44.2 Å². The third kappa shape index (κ3) is 5.12. The molecular weight excluding hydrogens is 315 g/mol. The molecule has 3 rings (SSSR count). The number of rotatable bonds is 6. The summed E-state index contributed by atoms with van der Waals surface area (Å²) in [5.41, 5.74) is 1.83. The summed E-state index contributed by atoms with van der Waals surface area (Å²) in [7, 11) is 0. The van der Waals surface area contributed by atoms with Gasteiger partial charge in [0, 0.05) is 18.8 Å². The van der Waals surface area contributed by atoms with E-state index in [1.807, 2.05) is 12.1 Å². The van der Waals surface area contributed by atoms with E-state index in [4.69, 9.17) is 0 Å². The van der Waals surface area contributed by atoms with Crippen LogP contribution in [0.5, 0.6) is 0 Å². The van der Waals surface area contributed by atoms with Crippen LogP contribution in [0.3, 0.4) is 0 Å². The van der Waals surface area contributed by atoms with Crippen LogP contribution in [0.4, 0.5) is 4.39 Å². The van der Waals surface area contributed by atoms with Crippen molar-refractivity contribution in [1.29, 1.82) is 0 Å². The molecule has 132 valence electrons. The van der Waals surface area contributed by atoms with Crippen molar-refractivity contribution in [2.75, 3.05) is 0 Å². The predicted molar refractivity (Wildman–Crippen MR) is 96.4 cm³/mol. The molecule has 1 aromatic carbocycles. The lowest BCUT2D eigenvalue weighted by atomic mass is 9.86. The Balaban J connectivity index is 1.66. The molecule has 2 aromatic rings. The van der Waals surface area contributed by atoms with Gasteiger partial charge in [-0.15, -0.1) is 0 Å². The molecular formula is C21H25FN2O. The Hall–Kier alpha value is -2.23. The number of aromatic nitrogens is 1. The second-order valence-electron chi connectivity index (χ2n) is 6.88. The first kappa shape index (κ1) is 17.6. The van der Waals surface area contributed by atoms with Crippen LogP contribution >= 0.6 is 0 Å². The lowest BCUT2D eigenvalue weighted by Gasteiger charge is -2.23. The van der Waals surface area contributed by atoms with E-state index in [2.05, 4.69) is 10.3 Å². The van der Waals surface area contributed by atoms with Gasteiger partial charge in [-0.25, -0.2) is 4.39 Å². The van der Waals surface area contributed by atoms with Crippen LogP contribution in [0, 0.1) is 11.7 Å². The van der Waals surface area contributed by atoms with Crippen molar-refractivity contribution in [3.8, 4) is 0 Å². The number of amides is 1. The minimum absolute atomic E-state index is 0.0525. The van der Waals surface area contributed by atoms with Gasteiger partial charge >= 0.3 is 0 Å². The Labute approximate surface area is 148 Å². The van der Waals surface area contributed by atoms with Gasteiger partial charge in [0.1, 0.15) is 5.82 Å². The zero-order valence-electron chi connectivity index (χ0n) is 14.5. The summed E-state index contributed by atoms with van der Waals surface area (Å²) in [5.74, 6) is 0.460. The van der Waals surface area contributed by atoms with Gasteiger partial charge in [0.2, 0.25) is 5.91 Å². The SMILES string of the molecule is O=C(CCC1CCCCC1)NC(c1ccncc1)c1ccc(F)cc1. The number of halogens is 1. The average Bonchev–Trinajstić information content (AvgIpc) is 2.67. The second kappa shape index (κ2) is 8.75. The number of carbonyl (C=O) groups is 1. The molecule has 1 aromatic heterocycles. The number of nitrogens with one attached hydrogen (secondary N) is 1. The predicted octanol–water partition coefficient (Wildman–Crippen LogP) is 4.79. The Morgan fingerprint density at radius 1 is 1.04 bits per heavy atom. The highest BCUT2D eigenvalue weighted by atomic mass is 19.1. The molecule has 1 N–H and O–H groups in total. The van der Waals surface area contributed by atoms with Gasteiger partial charge in [-0.3, -0.25) is 9.78 Å². The van der Waals surface area contributed by atoms with Crippen LogP contribution in [-0.4, -0.2) is 10.9 Å². The van der Waals surface area contributed by atoms with Crippen molar-refractivity contribution >= 4 is 5.91 Å². The fraction of sp³-hybridized carbons (Fsp3) is 0.429. The lowest BCUT2D eigenvalue weighted by molar-refractivity contribution is -0.121. The van der Waals surface area contributed by atoms with Crippen LogP contribution < -0.4 is 5.32 Å². The largest absolute Gasteiger partial charge is 0.345 e. The fourth-order valence-electron chi connectivity index (χ4n) is 3.61. The molecule has 25 heavy (non-hydrogen) atoms. The van der Waals surface area contributed by atoms with Crippen LogP contribution in [-0.2, 0) is 4.79 Å². The molecule has 1 fully saturated rings. The first-order valence-corrected chi connectivity index (χ1v) is 9.17. The van der Waals surface area contributed by atoms with Crippen LogP contribution in [0.25, 0.3) is 0 Å². The van der Waals surface area contributed by atoms with Crippen molar-refractivity contribution in [3.05, 3.63) is 65.7 Å². The zero-order valence-corrected chi connectivity index (χ0v) is 14.5. The molecule has 0 spiro atoms. The fourth-order valence-corrected chi connectivity index (χ4v) is 3.61. The summed E-state index contributed by atoms with van der Waals surface area (Å²) in [6.45, 7) is 0. The molecule has 1 aliphatic carbocycles. The number of nitrogens with zero attached hydrogens (tertiary/aromatic N) is 1. The van der Waals surface area contributed by atoms with Crippen molar-refractivity contribution in [1.82, 2.24) is 10.3 Å². The average molecular weight is 340 g/mol. The molecule has 1 aliphatic rings. The van der Waals surface area contributed by atoms with Crippen molar-refractivity contribution in [2.45, 2.75) is 51.0 Å². The molecule has 0 bridgehead atoms. The van der Waals surface area contributed by atoms with Gasteiger partial charge in [-0.05, 0) is 47.7 Å². The minimum atomic E-state index is -0.277. The highest BCUT2D eigenvalue weighted by molar-refractivity contribution is 5.77. The minimum Gasteiger partial charge on any atom is -0.345 e. The van der Waals surface area contributed by atoms with Gasteiger partial charge < -0.3 is 5.32 Å². The molecule has 1 heterocycles.